The topological polar surface area (TPSA) is 36.4 Å². The lowest BCUT2D eigenvalue weighted by Crippen LogP contribution is -2.22. The lowest BCUT2D eigenvalue weighted by molar-refractivity contribution is 0.187. The first-order valence-corrected chi connectivity index (χ1v) is 6.81. The quantitative estimate of drug-likeness (QED) is 0.942. The first-order valence-electron chi connectivity index (χ1n) is 6.02. The minimum Gasteiger partial charge on any atom is -0.393 e. The Labute approximate surface area is 116 Å². The van der Waals surface area contributed by atoms with Crippen LogP contribution in [0.25, 0.3) is 10.9 Å². The van der Waals surface area contributed by atoms with Gasteiger partial charge >= 0.3 is 0 Å². The average molecular weight is 309 g/mol. The molecule has 0 bridgehead atoms. The lowest BCUT2D eigenvalue weighted by atomic mass is 10.2. The van der Waals surface area contributed by atoms with Crippen LogP contribution in [-0.4, -0.2) is 29.8 Å². The van der Waals surface area contributed by atoms with E-state index >= 15 is 0 Å². The summed E-state index contributed by atoms with van der Waals surface area (Å²) in [6, 6.07) is 10.1. The van der Waals surface area contributed by atoms with Gasteiger partial charge in [0.2, 0.25) is 0 Å². The fourth-order valence-electron chi connectivity index (χ4n) is 1.81. The van der Waals surface area contributed by atoms with Gasteiger partial charge in [0.25, 0.3) is 0 Å². The molecule has 0 saturated heterocycles. The van der Waals surface area contributed by atoms with Crippen molar-refractivity contribution < 1.29 is 5.11 Å². The maximum absolute atomic E-state index is 9.31. The molecule has 1 N–H and O–H groups in total. The smallest absolute Gasteiger partial charge is 0.129 e. The number of benzene rings is 1. The number of anilines is 1. The Morgan fingerprint density at radius 1 is 1.33 bits per heavy atom. The summed E-state index contributed by atoms with van der Waals surface area (Å²) in [5, 5.41) is 10.4. The maximum Gasteiger partial charge on any atom is 0.129 e. The number of fused-ring (bicyclic) bond motifs is 1. The van der Waals surface area contributed by atoms with Gasteiger partial charge in [-0.1, -0.05) is 12.1 Å². The highest BCUT2D eigenvalue weighted by atomic mass is 79.9. The van der Waals surface area contributed by atoms with Crippen molar-refractivity contribution in [2.45, 2.75) is 19.4 Å². The highest BCUT2D eigenvalue weighted by molar-refractivity contribution is 9.10. The molecular formula is C14H17BrN2O. The Kier molecular flexibility index (Phi) is 4.19. The molecule has 0 saturated carbocycles. The molecule has 1 aromatic carbocycles. The average Bonchev–Trinajstić information content (AvgIpc) is 2.36. The zero-order valence-corrected chi connectivity index (χ0v) is 12.2. The lowest BCUT2D eigenvalue weighted by Gasteiger charge is -2.19. The number of rotatable bonds is 4. The number of aliphatic hydroxyl groups excluding tert-OH is 1. The summed E-state index contributed by atoms with van der Waals surface area (Å²) in [6.07, 6.45) is 0.464. The van der Waals surface area contributed by atoms with Crippen LogP contribution in [0.15, 0.2) is 34.8 Å². The first-order chi connectivity index (χ1) is 8.58. The molecule has 0 aliphatic rings. The van der Waals surface area contributed by atoms with Crippen molar-refractivity contribution in [3.8, 4) is 0 Å². The number of aromatic nitrogens is 1. The van der Waals surface area contributed by atoms with Crippen LogP contribution >= 0.6 is 15.9 Å². The molecule has 2 aromatic rings. The van der Waals surface area contributed by atoms with E-state index in [1.54, 1.807) is 6.92 Å². The molecule has 1 aromatic heterocycles. The molecule has 4 heteroatoms. The number of nitrogens with zero attached hydrogens (tertiary/aromatic N) is 2. The standard InChI is InChI=1S/C14H17BrN2O/c1-10(18)8-9-17(2)13-7-6-11-4-3-5-12(15)14(11)16-13/h3-7,10,18H,8-9H2,1-2H3. The molecule has 0 amide bonds. The molecule has 2 rings (SSSR count). The minimum absolute atomic E-state index is 0.278. The van der Waals surface area contributed by atoms with Gasteiger partial charge in [0.15, 0.2) is 0 Å². The molecule has 1 unspecified atom stereocenters. The fraction of sp³-hybridized carbons (Fsp3) is 0.357. The minimum atomic E-state index is -0.278. The number of aliphatic hydroxyl groups is 1. The van der Waals surface area contributed by atoms with Gasteiger partial charge < -0.3 is 10.0 Å². The van der Waals surface area contributed by atoms with Crippen molar-refractivity contribution in [1.29, 1.82) is 0 Å². The summed E-state index contributed by atoms with van der Waals surface area (Å²) in [7, 11) is 1.99. The third kappa shape index (κ3) is 3.00. The van der Waals surface area contributed by atoms with E-state index in [-0.39, 0.29) is 6.10 Å². The third-order valence-corrected chi connectivity index (χ3v) is 3.57. The predicted octanol–water partition coefficient (Wildman–Crippen LogP) is 3.20. The Morgan fingerprint density at radius 2 is 2.11 bits per heavy atom. The van der Waals surface area contributed by atoms with Gasteiger partial charge in [-0.25, -0.2) is 4.98 Å². The molecule has 96 valence electrons. The molecule has 1 atom stereocenters. The molecule has 3 nitrogen and oxygen atoms in total. The maximum atomic E-state index is 9.31. The Morgan fingerprint density at radius 3 is 2.83 bits per heavy atom. The molecule has 1 heterocycles. The Bertz CT molecular complexity index is 542. The van der Waals surface area contributed by atoms with E-state index in [4.69, 9.17) is 0 Å². The summed E-state index contributed by atoms with van der Waals surface area (Å²) in [4.78, 5) is 6.71. The molecular weight excluding hydrogens is 292 g/mol. The third-order valence-electron chi connectivity index (χ3n) is 2.93. The number of para-hydroxylation sites is 1. The van der Waals surface area contributed by atoms with Gasteiger partial charge in [-0.05, 0) is 47.5 Å². The Hall–Kier alpha value is -1.13. The SMILES string of the molecule is CC(O)CCN(C)c1ccc2cccc(Br)c2n1. The van der Waals surface area contributed by atoms with E-state index in [0.717, 1.165) is 34.2 Å². The van der Waals surface area contributed by atoms with Crippen LogP contribution in [0.2, 0.25) is 0 Å². The summed E-state index contributed by atoms with van der Waals surface area (Å²) < 4.78 is 1.01. The van der Waals surface area contributed by atoms with E-state index in [1.165, 1.54) is 0 Å². The second kappa shape index (κ2) is 5.67. The number of hydrogen-bond donors (Lipinski definition) is 1. The van der Waals surface area contributed by atoms with Crippen LogP contribution in [0, 0.1) is 0 Å². The summed E-state index contributed by atoms with van der Waals surface area (Å²) in [5.41, 5.74) is 0.971. The summed E-state index contributed by atoms with van der Waals surface area (Å²) in [5.74, 6) is 0.926. The predicted molar refractivity (Wildman–Crippen MR) is 79.0 cm³/mol. The van der Waals surface area contributed by atoms with Crippen molar-refractivity contribution in [3.05, 3.63) is 34.8 Å². The van der Waals surface area contributed by atoms with E-state index in [9.17, 15) is 5.11 Å². The van der Waals surface area contributed by atoms with Gasteiger partial charge in [-0.15, -0.1) is 0 Å². The van der Waals surface area contributed by atoms with Crippen LogP contribution in [-0.2, 0) is 0 Å². The van der Waals surface area contributed by atoms with Gasteiger partial charge in [-0.3, -0.25) is 0 Å². The van der Waals surface area contributed by atoms with Crippen molar-refractivity contribution in [1.82, 2.24) is 4.98 Å². The zero-order valence-electron chi connectivity index (χ0n) is 10.6. The van der Waals surface area contributed by atoms with Crippen molar-refractivity contribution >= 4 is 32.7 Å². The number of pyridine rings is 1. The van der Waals surface area contributed by atoms with Crippen molar-refractivity contribution in [3.63, 3.8) is 0 Å². The van der Waals surface area contributed by atoms with E-state index in [0.29, 0.717) is 0 Å². The van der Waals surface area contributed by atoms with Gasteiger partial charge in [-0.2, -0.15) is 0 Å². The van der Waals surface area contributed by atoms with Crippen molar-refractivity contribution in [2.75, 3.05) is 18.5 Å². The number of halogens is 1. The highest BCUT2D eigenvalue weighted by Gasteiger charge is 2.06. The van der Waals surface area contributed by atoms with Crippen LogP contribution in [0.4, 0.5) is 5.82 Å². The Balaban J connectivity index is 2.26. The number of hydrogen-bond acceptors (Lipinski definition) is 3. The summed E-state index contributed by atoms with van der Waals surface area (Å²) >= 11 is 3.52. The molecule has 0 aliphatic heterocycles. The largest absolute Gasteiger partial charge is 0.393 e. The monoisotopic (exact) mass is 308 g/mol. The molecule has 0 aliphatic carbocycles. The molecule has 0 radical (unpaired) electrons. The van der Waals surface area contributed by atoms with Gasteiger partial charge in [0.05, 0.1) is 11.6 Å². The van der Waals surface area contributed by atoms with Crippen LogP contribution in [0.3, 0.4) is 0 Å². The van der Waals surface area contributed by atoms with Crippen LogP contribution in [0.1, 0.15) is 13.3 Å². The molecule has 0 spiro atoms. The second-order valence-electron chi connectivity index (χ2n) is 4.54. The normalized spacial score (nSPS) is 12.7. The molecule has 18 heavy (non-hydrogen) atoms. The van der Waals surface area contributed by atoms with E-state index in [2.05, 4.69) is 31.9 Å². The van der Waals surface area contributed by atoms with Crippen LogP contribution < -0.4 is 4.90 Å². The second-order valence-corrected chi connectivity index (χ2v) is 5.39. The zero-order chi connectivity index (χ0) is 13.1. The van der Waals surface area contributed by atoms with Gasteiger partial charge in [0, 0.05) is 23.5 Å². The highest BCUT2D eigenvalue weighted by Crippen LogP contribution is 2.24. The van der Waals surface area contributed by atoms with E-state index in [1.807, 2.05) is 31.3 Å². The first kappa shape index (κ1) is 13.3. The van der Waals surface area contributed by atoms with Gasteiger partial charge in [0.1, 0.15) is 5.82 Å². The van der Waals surface area contributed by atoms with E-state index < -0.39 is 0 Å². The molecule has 0 fully saturated rings. The fourth-order valence-corrected chi connectivity index (χ4v) is 2.28. The van der Waals surface area contributed by atoms with Crippen molar-refractivity contribution in [2.24, 2.45) is 0 Å². The summed E-state index contributed by atoms with van der Waals surface area (Å²) in [6.45, 7) is 2.60. The van der Waals surface area contributed by atoms with Crippen LogP contribution in [0.5, 0.6) is 0 Å².